The largest absolute Gasteiger partial charge is 0.303 e. The molecule has 0 aliphatic rings. The molecular formula is C21H22FN3O. The Hall–Kier alpha value is -2.95. The van der Waals surface area contributed by atoms with Crippen molar-refractivity contribution in [2.45, 2.75) is 33.7 Å². The fraction of sp³-hybridized carbons (Fsp3) is 0.238. The molecule has 0 aliphatic heterocycles. The van der Waals surface area contributed by atoms with Crippen LogP contribution >= 0.6 is 0 Å². The van der Waals surface area contributed by atoms with Gasteiger partial charge in [-0.1, -0.05) is 12.1 Å². The Kier molecular flexibility index (Phi) is 4.89. The highest BCUT2D eigenvalue weighted by Crippen LogP contribution is 2.23. The second-order valence-electron chi connectivity index (χ2n) is 6.57. The number of ketones is 1. The molecule has 5 heteroatoms. The number of carbonyl (C=O) groups is 1. The van der Waals surface area contributed by atoms with Gasteiger partial charge in [-0.05, 0) is 63.6 Å². The Morgan fingerprint density at radius 2 is 1.92 bits per heavy atom. The molecule has 0 N–H and O–H groups in total. The molecule has 0 atom stereocenters. The minimum Gasteiger partial charge on any atom is -0.303 e. The minimum atomic E-state index is -0.506. The van der Waals surface area contributed by atoms with Gasteiger partial charge in [0, 0.05) is 23.5 Å². The van der Waals surface area contributed by atoms with Gasteiger partial charge < -0.3 is 4.57 Å². The van der Waals surface area contributed by atoms with Gasteiger partial charge in [-0.3, -0.25) is 4.79 Å². The number of halogens is 1. The van der Waals surface area contributed by atoms with Gasteiger partial charge in [0.15, 0.2) is 5.78 Å². The van der Waals surface area contributed by atoms with Gasteiger partial charge in [0.05, 0.1) is 11.8 Å². The molecule has 4 nitrogen and oxygen atoms in total. The van der Waals surface area contributed by atoms with Gasteiger partial charge in [-0.15, -0.1) is 0 Å². The van der Waals surface area contributed by atoms with E-state index < -0.39 is 5.82 Å². The molecule has 134 valence electrons. The highest BCUT2D eigenvalue weighted by molar-refractivity contribution is 6.07. The first-order valence-electron chi connectivity index (χ1n) is 8.60. The second kappa shape index (κ2) is 7.12. The van der Waals surface area contributed by atoms with Crippen molar-refractivity contribution in [2.24, 2.45) is 0 Å². The molecule has 0 bridgehead atoms. The zero-order valence-electron chi connectivity index (χ0n) is 15.4. The van der Waals surface area contributed by atoms with Crippen LogP contribution in [0.5, 0.6) is 0 Å². The number of nitrogens with zero attached hydrogens (tertiary/aromatic N) is 3. The van der Waals surface area contributed by atoms with E-state index in [0.29, 0.717) is 0 Å². The maximum Gasteiger partial charge on any atom is 0.188 e. The second-order valence-corrected chi connectivity index (χ2v) is 6.57. The molecule has 0 fully saturated rings. The van der Waals surface area contributed by atoms with Crippen LogP contribution in [0.15, 0.2) is 48.7 Å². The summed E-state index contributed by atoms with van der Waals surface area (Å²) in [5.41, 5.74) is 3.05. The molecule has 0 unspecified atom stereocenters. The number of hydrogen-bond donors (Lipinski definition) is 0. The van der Waals surface area contributed by atoms with Crippen molar-refractivity contribution in [2.75, 3.05) is 0 Å². The van der Waals surface area contributed by atoms with Crippen molar-refractivity contribution in [1.82, 2.24) is 14.3 Å². The number of rotatable bonds is 5. The Balaban J connectivity index is 1.95. The number of aryl methyl sites for hydroxylation is 1. The third-order valence-corrected chi connectivity index (χ3v) is 4.39. The van der Waals surface area contributed by atoms with Gasteiger partial charge in [-0.25, -0.2) is 9.07 Å². The summed E-state index contributed by atoms with van der Waals surface area (Å²) >= 11 is 0. The summed E-state index contributed by atoms with van der Waals surface area (Å²) in [6.45, 7) is 8.18. The topological polar surface area (TPSA) is 39.8 Å². The lowest BCUT2D eigenvalue weighted by atomic mass is 10.1. The lowest BCUT2D eigenvalue weighted by Crippen LogP contribution is -2.11. The van der Waals surface area contributed by atoms with E-state index in [-0.39, 0.29) is 17.4 Å². The maximum atomic E-state index is 13.8. The average Bonchev–Trinajstić information content (AvgIpc) is 3.17. The molecule has 0 spiro atoms. The number of aromatic nitrogens is 3. The normalized spacial score (nSPS) is 11.6. The quantitative estimate of drug-likeness (QED) is 0.484. The Labute approximate surface area is 152 Å². The van der Waals surface area contributed by atoms with E-state index in [9.17, 15) is 9.18 Å². The lowest BCUT2D eigenvalue weighted by Gasteiger charge is -2.15. The molecule has 0 saturated carbocycles. The van der Waals surface area contributed by atoms with Crippen LogP contribution in [0.1, 0.15) is 47.2 Å². The predicted octanol–water partition coefficient (Wildman–Crippen LogP) is 4.91. The van der Waals surface area contributed by atoms with Crippen LogP contribution in [0.4, 0.5) is 4.39 Å². The smallest absolute Gasteiger partial charge is 0.188 e. The summed E-state index contributed by atoms with van der Waals surface area (Å²) in [4.78, 5) is 12.3. The highest BCUT2D eigenvalue weighted by atomic mass is 19.1. The van der Waals surface area contributed by atoms with Crippen LogP contribution in [-0.2, 0) is 0 Å². The summed E-state index contributed by atoms with van der Waals surface area (Å²) in [5.74, 6) is 0.128. The molecule has 2 aromatic heterocycles. The standard InChI is InChI=1S/C21H22FN3O/c1-14(2)25-21(11-12-23-25)24-15(3)13-17(16(24)4)9-10-20(26)18-7-5-6-8-19(18)22/h5-14H,1-4H3/b10-9+. The zero-order chi connectivity index (χ0) is 18.8. The maximum absolute atomic E-state index is 13.8. The summed E-state index contributed by atoms with van der Waals surface area (Å²) in [6, 6.07) is 10.2. The van der Waals surface area contributed by atoms with Crippen molar-refractivity contribution in [3.8, 4) is 5.82 Å². The molecule has 0 amide bonds. The van der Waals surface area contributed by atoms with Crippen LogP contribution < -0.4 is 0 Å². The summed E-state index contributed by atoms with van der Waals surface area (Å²) in [5, 5.41) is 4.39. The van der Waals surface area contributed by atoms with Crippen LogP contribution in [0.3, 0.4) is 0 Å². The van der Waals surface area contributed by atoms with Crippen LogP contribution in [0.2, 0.25) is 0 Å². The molecule has 3 rings (SSSR count). The van der Waals surface area contributed by atoms with Gasteiger partial charge in [-0.2, -0.15) is 5.10 Å². The fourth-order valence-corrected chi connectivity index (χ4v) is 3.11. The van der Waals surface area contributed by atoms with Gasteiger partial charge in [0.25, 0.3) is 0 Å². The number of carbonyl (C=O) groups excluding carboxylic acids is 1. The van der Waals surface area contributed by atoms with Crippen molar-refractivity contribution in [3.05, 3.63) is 77.0 Å². The van der Waals surface area contributed by atoms with Crippen molar-refractivity contribution >= 4 is 11.9 Å². The third-order valence-electron chi connectivity index (χ3n) is 4.39. The van der Waals surface area contributed by atoms with E-state index in [4.69, 9.17) is 0 Å². The number of allylic oxidation sites excluding steroid dienone is 1. The molecule has 3 aromatic rings. The number of benzene rings is 1. The molecule has 0 aliphatic carbocycles. The van der Waals surface area contributed by atoms with Crippen molar-refractivity contribution in [1.29, 1.82) is 0 Å². The Morgan fingerprint density at radius 1 is 1.19 bits per heavy atom. The van der Waals surface area contributed by atoms with E-state index in [1.807, 2.05) is 30.7 Å². The van der Waals surface area contributed by atoms with E-state index in [1.54, 1.807) is 24.4 Å². The van der Waals surface area contributed by atoms with E-state index in [0.717, 1.165) is 22.8 Å². The fourth-order valence-electron chi connectivity index (χ4n) is 3.11. The van der Waals surface area contributed by atoms with E-state index in [1.165, 1.54) is 18.2 Å². The number of hydrogen-bond acceptors (Lipinski definition) is 2. The Morgan fingerprint density at radius 3 is 2.62 bits per heavy atom. The first-order chi connectivity index (χ1) is 12.4. The summed E-state index contributed by atoms with van der Waals surface area (Å²) in [6.07, 6.45) is 4.94. The molecule has 2 heterocycles. The first-order valence-corrected chi connectivity index (χ1v) is 8.60. The highest BCUT2D eigenvalue weighted by Gasteiger charge is 2.15. The minimum absolute atomic E-state index is 0.0791. The van der Waals surface area contributed by atoms with Gasteiger partial charge >= 0.3 is 0 Å². The molecule has 0 saturated heterocycles. The predicted molar refractivity (Wildman–Crippen MR) is 101 cm³/mol. The Bertz CT molecular complexity index is 979. The monoisotopic (exact) mass is 351 g/mol. The van der Waals surface area contributed by atoms with Gasteiger partial charge in [0.2, 0.25) is 0 Å². The van der Waals surface area contributed by atoms with Crippen molar-refractivity contribution < 1.29 is 9.18 Å². The SMILES string of the molecule is Cc1cc(/C=C/C(=O)c2ccccc2F)c(C)n1-c1ccnn1C(C)C. The molecule has 26 heavy (non-hydrogen) atoms. The van der Waals surface area contributed by atoms with E-state index >= 15 is 0 Å². The van der Waals surface area contributed by atoms with E-state index in [2.05, 4.69) is 23.5 Å². The molecule has 0 radical (unpaired) electrons. The van der Waals surface area contributed by atoms with Crippen LogP contribution in [0.25, 0.3) is 11.9 Å². The lowest BCUT2D eigenvalue weighted by molar-refractivity contribution is 0.104. The first kappa shape index (κ1) is 17.9. The average molecular weight is 351 g/mol. The summed E-state index contributed by atoms with van der Waals surface area (Å²) < 4.78 is 17.8. The van der Waals surface area contributed by atoms with Crippen molar-refractivity contribution in [3.63, 3.8) is 0 Å². The van der Waals surface area contributed by atoms with Crippen LogP contribution in [-0.4, -0.2) is 20.1 Å². The summed E-state index contributed by atoms with van der Waals surface area (Å²) in [7, 11) is 0. The van der Waals surface area contributed by atoms with Crippen LogP contribution in [0, 0.1) is 19.7 Å². The molecule has 1 aromatic carbocycles. The van der Waals surface area contributed by atoms with Gasteiger partial charge in [0.1, 0.15) is 11.6 Å². The zero-order valence-corrected chi connectivity index (χ0v) is 15.4. The molecular weight excluding hydrogens is 329 g/mol. The third kappa shape index (κ3) is 3.25.